The number of benzene rings is 1. The number of sulfonamides is 1. The standard InChI is InChI=1S/C11H18N2O3S/c1-2-13(17(15,16)8-4-7-12)10-5-3-6-11(14)9-10/h3,5-6,9,14H,2,4,7-8,12H2,1H3. The number of phenolic OH excluding ortho intramolecular Hbond substituents is 1. The van der Waals surface area contributed by atoms with E-state index >= 15 is 0 Å². The van der Waals surface area contributed by atoms with Gasteiger partial charge in [-0.3, -0.25) is 4.31 Å². The molecule has 6 heteroatoms. The molecule has 5 nitrogen and oxygen atoms in total. The molecule has 96 valence electrons. The topological polar surface area (TPSA) is 83.6 Å². The minimum atomic E-state index is -3.36. The van der Waals surface area contributed by atoms with E-state index in [1.165, 1.54) is 16.4 Å². The quantitative estimate of drug-likeness (QED) is 0.794. The van der Waals surface area contributed by atoms with Crippen LogP contribution in [0.4, 0.5) is 5.69 Å². The molecule has 1 aromatic rings. The predicted octanol–water partition coefficient (Wildman–Crippen LogP) is 0.897. The van der Waals surface area contributed by atoms with E-state index in [0.717, 1.165) is 0 Å². The zero-order valence-corrected chi connectivity index (χ0v) is 10.7. The fourth-order valence-electron chi connectivity index (χ4n) is 1.56. The van der Waals surface area contributed by atoms with Crippen LogP contribution < -0.4 is 10.0 Å². The molecule has 0 aliphatic carbocycles. The van der Waals surface area contributed by atoms with Gasteiger partial charge in [0.05, 0.1) is 11.4 Å². The molecule has 0 unspecified atom stereocenters. The second-order valence-corrected chi connectivity index (χ2v) is 5.66. The van der Waals surface area contributed by atoms with Gasteiger partial charge < -0.3 is 10.8 Å². The Hall–Kier alpha value is -1.27. The highest BCUT2D eigenvalue weighted by molar-refractivity contribution is 7.92. The van der Waals surface area contributed by atoms with E-state index in [4.69, 9.17) is 5.73 Å². The van der Waals surface area contributed by atoms with Crippen LogP contribution in [0.3, 0.4) is 0 Å². The maximum Gasteiger partial charge on any atom is 0.235 e. The summed E-state index contributed by atoms with van der Waals surface area (Å²) in [5, 5.41) is 9.36. The zero-order chi connectivity index (χ0) is 12.9. The van der Waals surface area contributed by atoms with E-state index in [9.17, 15) is 13.5 Å². The lowest BCUT2D eigenvalue weighted by atomic mass is 10.3. The average Bonchev–Trinajstić information content (AvgIpc) is 2.27. The molecule has 0 heterocycles. The highest BCUT2D eigenvalue weighted by Gasteiger charge is 2.20. The third-order valence-corrected chi connectivity index (χ3v) is 4.29. The maximum absolute atomic E-state index is 12.0. The van der Waals surface area contributed by atoms with E-state index in [0.29, 0.717) is 25.2 Å². The SMILES string of the molecule is CCN(c1cccc(O)c1)S(=O)(=O)CCCN. The smallest absolute Gasteiger partial charge is 0.235 e. The summed E-state index contributed by atoms with van der Waals surface area (Å²) < 4.78 is 25.3. The average molecular weight is 258 g/mol. The monoisotopic (exact) mass is 258 g/mol. The highest BCUT2D eigenvalue weighted by Crippen LogP contribution is 2.22. The molecule has 0 saturated carbocycles. The molecule has 0 aromatic heterocycles. The summed E-state index contributed by atoms with van der Waals surface area (Å²) >= 11 is 0. The normalized spacial score (nSPS) is 11.4. The van der Waals surface area contributed by atoms with Gasteiger partial charge in [0.2, 0.25) is 10.0 Å². The number of rotatable bonds is 6. The lowest BCUT2D eigenvalue weighted by Gasteiger charge is -2.22. The van der Waals surface area contributed by atoms with Gasteiger partial charge in [-0.05, 0) is 32.0 Å². The Morgan fingerprint density at radius 3 is 2.65 bits per heavy atom. The Kier molecular flexibility index (Phi) is 4.77. The molecular weight excluding hydrogens is 240 g/mol. The third kappa shape index (κ3) is 3.61. The van der Waals surface area contributed by atoms with Gasteiger partial charge in [-0.15, -0.1) is 0 Å². The van der Waals surface area contributed by atoms with E-state index in [2.05, 4.69) is 0 Å². The summed E-state index contributed by atoms with van der Waals surface area (Å²) in [5.41, 5.74) is 5.79. The molecular formula is C11H18N2O3S. The summed E-state index contributed by atoms with van der Waals surface area (Å²) in [5.74, 6) is 0.0717. The van der Waals surface area contributed by atoms with Crippen molar-refractivity contribution in [1.29, 1.82) is 0 Å². The van der Waals surface area contributed by atoms with Crippen LogP contribution in [0.2, 0.25) is 0 Å². The molecule has 0 fully saturated rings. The lowest BCUT2D eigenvalue weighted by molar-refractivity contribution is 0.475. The molecule has 0 amide bonds. The summed E-state index contributed by atoms with van der Waals surface area (Å²) in [7, 11) is -3.36. The second-order valence-electron chi connectivity index (χ2n) is 3.64. The number of hydrogen-bond donors (Lipinski definition) is 2. The van der Waals surface area contributed by atoms with Gasteiger partial charge in [-0.25, -0.2) is 8.42 Å². The Morgan fingerprint density at radius 2 is 2.12 bits per heavy atom. The molecule has 0 radical (unpaired) electrons. The summed E-state index contributed by atoms with van der Waals surface area (Å²) in [6.07, 6.45) is 0.428. The van der Waals surface area contributed by atoms with Crippen molar-refractivity contribution in [3.05, 3.63) is 24.3 Å². The molecule has 0 aliphatic heterocycles. The molecule has 0 spiro atoms. The minimum Gasteiger partial charge on any atom is -0.508 e. The van der Waals surface area contributed by atoms with E-state index in [1.807, 2.05) is 0 Å². The van der Waals surface area contributed by atoms with Crippen LogP contribution >= 0.6 is 0 Å². The Morgan fingerprint density at radius 1 is 1.41 bits per heavy atom. The van der Waals surface area contributed by atoms with Crippen LogP contribution in [-0.2, 0) is 10.0 Å². The van der Waals surface area contributed by atoms with Crippen LogP contribution in [0.15, 0.2) is 24.3 Å². The van der Waals surface area contributed by atoms with Crippen molar-refractivity contribution in [2.45, 2.75) is 13.3 Å². The number of nitrogens with two attached hydrogens (primary N) is 1. The van der Waals surface area contributed by atoms with Crippen LogP contribution in [0.1, 0.15) is 13.3 Å². The van der Waals surface area contributed by atoms with Crippen molar-refractivity contribution in [3.63, 3.8) is 0 Å². The second kappa shape index (κ2) is 5.88. The Balaban J connectivity index is 2.99. The highest BCUT2D eigenvalue weighted by atomic mass is 32.2. The van der Waals surface area contributed by atoms with Crippen molar-refractivity contribution < 1.29 is 13.5 Å². The number of nitrogens with zero attached hydrogens (tertiary/aromatic N) is 1. The van der Waals surface area contributed by atoms with Gasteiger partial charge in [-0.1, -0.05) is 6.07 Å². The fraction of sp³-hybridized carbons (Fsp3) is 0.455. The van der Waals surface area contributed by atoms with Gasteiger partial charge in [0.25, 0.3) is 0 Å². The molecule has 3 N–H and O–H groups in total. The van der Waals surface area contributed by atoms with Gasteiger partial charge >= 0.3 is 0 Å². The summed E-state index contributed by atoms with van der Waals surface area (Å²) in [6.45, 7) is 2.43. The molecule has 0 bridgehead atoms. The summed E-state index contributed by atoms with van der Waals surface area (Å²) in [4.78, 5) is 0. The van der Waals surface area contributed by atoms with Crippen LogP contribution in [0.5, 0.6) is 5.75 Å². The Bertz CT molecular complexity index is 460. The van der Waals surface area contributed by atoms with Gasteiger partial charge in [-0.2, -0.15) is 0 Å². The fourth-order valence-corrected chi connectivity index (χ4v) is 3.14. The van der Waals surface area contributed by atoms with Crippen LogP contribution in [-0.4, -0.2) is 32.4 Å². The van der Waals surface area contributed by atoms with Crippen molar-refractivity contribution in [3.8, 4) is 5.75 Å². The Labute approximate surface area is 102 Å². The number of anilines is 1. The molecule has 1 aromatic carbocycles. The van der Waals surface area contributed by atoms with Crippen molar-refractivity contribution in [2.24, 2.45) is 5.73 Å². The number of hydrogen-bond acceptors (Lipinski definition) is 4. The van der Waals surface area contributed by atoms with Crippen molar-refractivity contribution in [2.75, 3.05) is 23.1 Å². The van der Waals surface area contributed by atoms with Crippen LogP contribution in [0.25, 0.3) is 0 Å². The van der Waals surface area contributed by atoms with Gasteiger partial charge in [0.1, 0.15) is 5.75 Å². The van der Waals surface area contributed by atoms with Crippen LogP contribution in [0, 0.1) is 0 Å². The summed E-state index contributed by atoms with van der Waals surface area (Å²) in [6, 6.07) is 6.21. The van der Waals surface area contributed by atoms with E-state index < -0.39 is 10.0 Å². The maximum atomic E-state index is 12.0. The van der Waals surface area contributed by atoms with Crippen molar-refractivity contribution in [1.82, 2.24) is 0 Å². The van der Waals surface area contributed by atoms with Gasteiger partial charge in [0.15, 0.2) is 0 Å². The molecule has 0 atom stereocenters. The first-order valence-electron chi connectivity index (χ1n) is 5.50. The molecule has 0 aliphatic rings. The number of aromatic hydroxyl groups is 1. The number of phenols is 1. The first-order valence-corrected chi connectivity index (χ1v) is 7.11. The lowest BCUT2D eigenvalue weighted by Crippen LogP contribution is -2.33. The minimum absolute atomic E-state index is 0.0208. The molecule has 0 saturated heterocycles. The first-order chi connectivity index (χ1) is 8.01. The van der Waals surface area contributed by atoms with E-state index in [-0.39, 0.29) is 11.5 Å². The zero-order valence-electron chi connectivity index (χ0n) is 9.83. The van der Waals surface area contributed by atoms with E-state index in [1.54, 1.807) is 19.1 Å². The molecule has 1 rings (SSSR count). The predicted molar refractivity (Wildman–Crippen MR) is 68.6 cm³/mol. The third-order valence-electron chi connectivity index (χ3n) is 2.35. The molecule has 17 heavy (non-hydrogen) atoms. The largest absolute Gasteiger partial charge is 0.508 e. The van der Waals surface area contributed by atoms with Crippen molar-refractivity contribution >= 4 is 15.7 Å². The van der Waals surface area contributed by atoms with Gasteiger partial charge in [0, 0.05) is 12.6 Å². The first kappa shape index (κ1) is 13.8.